The van der Waals surface area contributed by atoms with Crippen LogP contribution < -0.4 is 4.74 Å². The van der Waals surface area contributed by atoms with Crippen molar-refractivity contribution in [1.29, 1.82) is 5.26 Å². The van der Waals surface area contributed by atoms with Gasteiger partial charge in [0, 0.05) is 23.2 Å². The summed E-state index contributed by atoms with van der Waals surface area (Å²) in [7, 11) is 0. The molecule has 1 aliphatic heterocycles. The maximum Gasteiger partial charge on any atom is 0.308 e. The molecule has 0 amide bonds. The quantitative estimate of drug-likeness (QED) is 0.343. The van der Waals surface area contributed by atoms with Gasteiger partial charge in [-0.05, 0) is 87.8 Å². The van der Waals surface area contributed by atoms with Crippen LogP contribution in [0.5, 0.6) is 5.75 Å². The van der Waals surface area contributed by atoms with E-state index in [1.807, 2.05) is 32.9 Å². The van der Waals surface area contributed by atoms with Crippen molar-refractivity contribution in [3.8, 4) is 11.8 Å². The number of nitriles is 1. The fourth-order valence-corrected chi connectivity index (χ4v) is 5.91. The third-order valence-electron chi connectivity index (χ3n) is 7.50. The Bertz CT molecular complexity index is 1300. The van der Waals surface area contributed by atoms with E-state index in [4.69, 9.17) is 9.47 Å². The van der Waals surface area contributed by atoms with Crippen molar-refractivity contribution in [3.63, 3.8) is 0 Å². The molecule has 0 radical (unpaired) electrons. The second-order valence-corrected chi connectivity index (χ2v) is 11.4. The standard InChI is InChI=1S/C31H36N2O3/c1-31(2,3)36-30(34)17-26-12-11-25-16-23-10-13-27(18-29(23)33(25)26)35-20-21-9-14-28(24(15-21)19-32)22-7-5-4-6-8-22/h9-10,13-16,18,22,26H,4-8,11-12,17,20H2,1-3H3. The Labute approximate surface area is 214 Å². The van der Waals surface area contributed by atoms with Crippen LogP contribution in [0.25, 0.3) is 10.9 Å². The molecular formula is C31H36N2O3. The lowest BCUT2D eigenvalue weighted by Crippen LogP contribution is -2.25. The zero-order valence-electron chi connectivity index (χ0n) is 21.7. The first kappa shape index (κ1) is 24.4. The Morgan fingerprint density at radius 2 is 1.86 bits per heavy atom. The maximum absolute atomic E-state index is 12.5. The lowest BCUT2D eigenvalue weighted by molar-refractivity contribution is -0.155. The van der Waals surface area contributed by atoms with Gasteiger partial charge >= 0.3 is 5.97 Å². The van der Waals surface area contributed by atoms with Crippen LogP contribution in [0.1, 0.15) is 100 Å². The van der Waals surface area contributed by atoms with Gasteiger partial charge in [-0.15, -0.1) is 0 Å². The van der Waals surface area contributed by atoms with Gasteiger partial charge in [-0.3, -0.25) is 4.79 Å². The van der Waals surface area contributed by atoms with Crippen molar-refractivity contribution in [1.82, 2.24) is 4.57 Å². The second-order valence-electron chi connectivity index (χ2n) is 11.4. The number of rotatable bonds is 6. The number of aromatic nitrogens is 1. The lowest BCUT2D eigenvalue weighted by Gasteiger charge is -2.23. The van der Waals surface area contributed by atoms with Crippen molar-refractivity contribution < 1.29 is 14.3 Å². The summed E-state index contributed by atoms with van der Waals surface area (Å²) in [5.41, 5.74) is 4.87. The Morgan fingerprint density at radius 3 is 2.61 bits per heavy atom. The van der Waals surface area contributed by atoms with E-state index in [1.54, 1.807) is 0 Å². The Morgan fingerprint density at radius 1 is 1.06 bits per heavy atom. The van der Waals surface area contributed by atoms with Crippen LogP contribution in [0, 0.1) is 11.3 Å². The molecule has 2 aromatic carbocycles. The van der Waals surface area contributed by atoms with E-state index in [1.165, 1.54) is 43.4 Å². The molecule has 0 N–H and O–H groups in total. The monoisotopic (exact) mass is 484 g/mol. The van der Waals surface area contributed by atoms with Crippen molar-refractivity contribution >= 4 is 16.9 Å². The summed E-state index contributed by atoms with van der Waals surface area (Å²) in [4.78, 5) is 12.5. The molecule has 3 aromatic rings. The number of hydrogen-bond donors (Lipinski definition) is 0. The van der Waals surface area contributed by atoms with Gasteiger partial charge in [0.25, 0.3) is 0 Å². The molecule has 36 heavy (non-hydrogen) atoms. The summed E-state index contributed by atoms with van der Waals surface area (Å²) in [5.74, 6) is 1.15. The lowest BCUT2D eigenvalue weighted by atomic mass is 9.82. The summed E-state index contributed by atoms with van der Waals surface area (Å²) >= 11 is 0. The number of carbonyl (C=O) groups is 1. The molecule has 2 heterocycles. The SMILES string of the molecule is CC(C)(C)OC(=O)CC1CCc2cc3ccc(OCc4ccc(C5CCCCC5)c(C#N)c4)cc3n21. The predicted octanol–water partition coefficient (Wildman–Crippen LogP) is 7.36. The average molecular weight is 485 g/mol. The van der Waals surface area contributed by atoms with Crippen LogP contribution in [-0.2, 0) is 22.6 Å². The molecule has 0 saturated heterocycles. The minimum absolute atomic E-state index is 0.105. The van der Waals surface area contributed by atoms with Crippen molar-refractivity contribution in [3.05, 3.63) is 64.8 Å². The van der Waals surface area contributed by atoms with E-state index >= 15 is 0 Å². The average Bonchev–Trinajstić information content (AvgIpc) is 3.41. The van der Waals surface area contributed by atoms with Gasteiger partial charge in [0.2, 0.25) is 0 Å². The van der Waals surface area contributed by atoms with Crippen LogP contribution in [0.3, 0.4) is 0 Å². The van der Waals surface area contributed by atoms with Crippen LogP contribution in [0.2, 0.25) is 0 Å². The van der Waals surface area contributed by atoms with Crippen molar-refractivity contribution in [2.24, 2.45) is 0 Å². The number of hydrogen-bond acceptors (Lipinski definition) is 4. The highest BCUT2D eigenvalue weighted by Gasteiger charge is 2.28. The van der Waals surface area contributed by atoms with Gasteiger partial charge < -0.3 is 14.0 Å². The first-order valence-electron chi connectivity index (χ1n) is 13.3. The van der Waals surface area contributed by atoms with E-state index in [0.717, 1.165) is 40.6 Å². The molecule has 188 valence electrons. The van der Waals surface area contributed by atoms with Crippen molar-refractivity contribution in [2.75, 3.05) is 0 Å². The summed E-state index contributed by atoms with van der Waals surface area (Å²) in [6.07, 6.45) is 8.46. The molecule has 5 heteroatoms. The zero-order chi connectivity index (χ0) is 25.3. The smallest absolute Gasteiger partial charge is 0.308 e. The highest BCUT2D eigenvalue weighted by Crippen LogP contribution is 2.37. The van der Waals surface area contributed by atoms with Crippen LogP contribution >= 0.6 is 0 Å². The third-order valence-corrected chi connectivity index (χ3v) is 7.50. The molecule has 1 aliphatic carbocycles. The van der Waals surface area contributed by atoms with Crippen molar-refractivity contribution in [2.45, 2.75) is 96.3 Å². The van der Waals surface area contributed by atoms with E-state index in [2.05, 4.69) is 41.0 Å². The van der Waals surface area contributed by atoms with Gasteiger partial charge in [0.15, 0.2) is 0 Å². The number of nitrogens with zero attached hydrogens (tertiary/aromatic N) is 2. The molecule has 0 spiro atoms. The summed E-state index contributed by atoms with van der Waals surface area (Å²) in [5, 5.41) is 10.9. The molecular weight excluding hydrogens is 448 g/mol. The summed E-state index contributed by atoms with van der Waals surface area (Å²) in [6, 6.07) is 17.2. The number of fused-ring (bicyclic) bond motifs is 3. The van der Waals surface area contributed by atoms with Gasteiger partial charge in [-0.2, -0.15) is 5.26 Å². The van der Waals surface area contributed by atoms with E-state index < -0.39 is 5.60 Å². The molecule has 5 nitrogen and oxygen atoms in total. The maximum atomic E-state index is 12.5. The second kappa shape index (κ2) is 10.0. The number of carbonyl (C=O) groups excluding carboxylic acids is 1. The Hall–Kier alpha value is -3.26. The van der Waals surface area contributed by atoms with E-state index in [-0.39, 0.29) is 12.0 Å². The van der Waals surface area contributed by atoms with Crippen LogP contribution in [-0.4, -0.2) is 16.1 Å². The van der Waals surface area contributed by atoms with Crippen LogP contribution in [0.15, 0.2) is 42.5 Å². The molecule has 1 saturated carbocycles. The highest BCUT2D eigenvalue weighted by molar-refractivity contribution is 5.84. The normalized spacial score (nSPS) is 18.1. The summed E-state index contributed by atoms with van der Waals surface area (Å²) in [6.45, 7) is 6.13. The molecule has 1 atom stereocenters. The Kier molecular flexibility index (Phi) is 6.79. The third kappa shape index (κ3) is 5.28. The molecule has 1 unspecified atom stereocenters. The first-order chi connectivity index (χ1) is 17.3. The molecule has 5 rings (SSSR count). The van der Waals surface area contributed by atoms with Gasteiger partial charge in [-0.1, -0.05) is 31.4 Å². The Balaban J connectivity index is 1.31. The van der Waals surface area contributed by atoms with E-state index in [9.17, 15) is 10.1 Å². The molecule has 2 aliphatic rings. The fraction of sp³-hybridized carbons (Fsp3) is 0.484. The molecule has 1 fully saturated rings. The van der Waals surface area contributed by atoms with Gasteiger partial charge in [-0.25, -0.2) is 0 Å². The van der Waals surface area contributed by atoms with Gasteiger partial charge in [0.05, 0.1) is 23.6 Å². The largest absolute Gasteiger partial charge is 0.489 e. The molecule has 0 bridgehead atoms. The zero-order valence-corrected chi connectivity index (χ0v) is 21.7. The van der Waals surface area contributed by atoms with E-state index in [0.29, 0.717) is 18.9 Å². The number of benzene rings is 2. The number of aryl methyl sites for hydroxylation is 1. The van der Waals surface area contributed by atoms with Crippen LogP contribution in [0.4, 0.5) is 0 Å². The highest BCUT2D eigenvalue weighted by atomic mass is 16.6. The minimum atomic E-state index is -0.474. The fourth-order valence-electron chi connectivity index (χ4n) is 5.91. The molecule has 1 aromatic heterocycles. The number of ether oxygens (including phenoxy) is 2. The van der Waals surface area contributed by atoms with Gasteiger partial charge in [0.1, 0.15) is 18.0 Å². The number of esters is 1. The topological polar surface area (TPSA) is 64.2 Å². The first-order valence-corrected chi connectivity index (χ1v) is 13.3. The predicted molar refractivity (Wildman–Crippen MR) is 141 cm³/mol. The minimum Gasteiger partial charge on any atom is -0.489 e. The summed E-state index contributed by atoms with van der Waals surface area (Å²) < 4.78 is 14.1.